The maximum atomic E-state index is 5.08. The highest BCUT2D eigenvalue weighted by molar-refractivity contribution is 7.82. The zero-order valence-electron chi connectivity index (χ0n) is 24.6. The van der Waals surface area contributed by atoms with E-state index in [1.807, 2.05) is 0 Å². The maximum absolute atomic E-state index is 5.08. The van der Waals surface area contributed by atoms with Gasteiger partial charge in [0.2, 0.25) is 0 Å². The Balaban J connectivity index is 5.24. The predicted octanol–water partition coefficient (Wildman–Crippen LogP) is 10.9. The molecule has 0 N–H and O–H groups in total. The van der Waals surface area contributed by atoms with Crippen molar-refractivity contribution in [1.29, 1.82) is 0 Å². The van der Waals surface area contributed by atoms with Crippen molar-refractivity contribution in [3.05, 3.63) is 24.3 Å². The molecule has 0 heterocycles. The molecule has 2 atom stereocenters. The van der Waals surface area contributed by atoms with Gasteiger partial charge in [-0.25, -0.2) is 0 Å². The van der Waals surface area contributed by atoms with Gasteiger partial charge < -0.3 is 0 Å². The molecule has 0 aliphatic rings. The van der Waals surface area contributed by atoms with Crippen LogP contribution in [0.3, 0.4) is 0 Å². The summed E-state index contributed by atoms with van der Waals surface area (Å²) in [6.45, 7) is 33.1. The van der Waals surface area contributed by atoms with Crippen molar-refractivity contribution in [2.24, 2.45) is 33.0 Å². The minimum atomic E-state index is -0.124. The van der Waals surface area contributed by atoms with Gasteiger partial charge in [-0.15, -0.1) is 0 Å². The predicted molar refractivity (Wildman–Crippen MR) is 153 cm³/mol. The summed E-state index contributed by atoms with van der Waals surface area (Å²) in [7, 11) is 0. The van der Waals surface area contributed by atoms with Gasteiger partial charge in [0.25, 0.3) is 0 Å². The van der Waals surface area contributed by atoms with Crippen LogP contribution >= 0.6 is 12.6 Å². The Morgan fingerprint density at radius 2 is 1.03 bits per heavy atom. The molecule has 0 aromatic carbocycles. The van der Waals surface area contributed by atoms with Crippen LogP contribution < -0.4 is 0 Å². The van der Waals surface area contributed by atoms with Crippen LogP contribution in [0.15, 0.2) is 24.3 Å². The monoisotopic (exact) mass is 464 g/mol. The van der Waals surface area contributed by atoms with Gasteiger partial charge in [-0.2, -0.15) is 12.6 Å². The summed E-state index contributed by atoms with van der Waals surface area (Å²) in [5, 5.41) is 0. The first-order valence-corrected chi connectivity index (χ1v) is 13.6. The molecule has 0 saturated heterocycles. The first-order chi connectivity index (χ1) is 14.0. The summed E-state index contributed by atoms with van der Waals surface area (Å²) in [5.41, 5.74) is 1.16. The number of allylic oxidation sites excluding steroid dienone is 3. The van der Waals surface area contributed by atoms with Crippen LogP contribution in [0, 0.1) is 33.0 Å². The lowest BCUT2D eigenvalue weighted by Gasteiger charge is -2.39. The average molecular weight is 465 g/mol. The quantitative estimate of drug-likeness (QED) is 0.203. The maximum Gasteiger partial charge on any atom is 0.0288 e. The van der Waals surface area contributed by atoms with E-state index < -0.39 is 0 Å². The lowest BCUT2D eigenvalue weighted by atomic mass is 9.67. The molecule has 1 heteroatoms. The van der Waals surface area contributed by atoms with Crippen molar-refractivity contribution in [2.45, 2.75) is 140 Å². The third-order valence-electron chi connectivity index (χ3n) is 6.91. The molecule has 0 bridgehead atoms. The summed E-state index contributed by atoms with van der Waals surface area (Å²) in [6.07, 6.45) is 17.1. The third-order valence-corrected chi connectivity index (χ3v) is 7.22. The fourth-order valence-corrected chi connectivity index (χ4v) is 6.11. The standard InChI is InChI=1S/C31H60S/c1-15-16-17-25(2)30(12,13)23-28(8,9)18-19-29(10,11)24-31(14,32)21-20-27(6,7)22-26(3,4)5/h18-21,25,32H,15-17,22-24H2,1-14H3/b19-18-,21-20-. The van der Waals surface area contributed by atoms with E-state index in [0.717, 1.165) is 12.3 Å². The molecular formula is C31H60S. The molecule has 0 rings (SSSR count). The topological polar surface area (TPSA) is 0 Å². The summed E-state index contributed by atoms with van der Waals surface area (Å²) in [4.78, 5) is 0. The average Bonchev–Trinajstić information content (AvgIpc) is 2.53. The minimum absolute atomic E-state index is 0.101. The van der Waals surface area contributed by atoms with E-state index in [9.17, 15) is 0 Å². The highest BCUT2D eigenvalue weighted by Gasteiger charge is 2.33. The van der Waals surface area contributed by atoms with Gasteiger partial charge in [0.1, 0.15) is 0 Å². The van der Waals surface area contributed by atoms with Crippen molar-refractivity contribution < 1.29 is 0 Å². The van der Waals surface area contributed by atoms with Gasteiger partial charge in [0.15, 0.2) is 0 Å². The number of unbranched alkanes of at least 4 members (excludes halogenated alkanes) is 1. The molecule has 0 aliphatic heterocycles. The van der Waals surface area contributed by atoms with Crippen LogP contribution in [0.25, 0.3) is 0 Å². The van der Waals surface area contributed by atoms with Gasteiger partial charge in [0, 0.05) is 4.75 Å². The van der Waals surface area contributed by atoms with E-state index in [1.165, 1.54) is 32.1 Å². The highest BCUT2D eigenvalue weighted by Crippen LogP contribution is 2.43. The van der Waals surface area contributed by atoms with Crippen LogP contribution in [-0.4, -0.2) is 4.75 Å². The molecule has 0 aromatic rings. The second kappa shape index (κ2) is 11.5. The molecule has 0 saturated carbocycles. The van der Waals surface area contributed by atoms with E-state index in [1.54, 1.807) is 0 Å². The van der Waals surface area contributed by atoms with Crippen molar-refractivity contribution in [3.63, 3.8) is 0 Å². The Hall–Kier alpha value is -0.170. The zero-order chi connectivity index (χ0) is 25.6. The van der Waals surface area contributed by atoms with Gasteiger partial charge >= 0.3 is 0 Å². The Labute approximate surface area is 209 Å². The van der Waals surface area contributed by atoms with Crippen LogP contribution in [0.2, 0.25) is 0 Å². The number of hydrogen-bond acceptors (Lipinski definition) is 1. The number of thiol groups is 1. The molecule has 0 nitrogen and oxygen atoms in total. The molecule has 190 valence electrons. The fraction of sp³-hybridized carbons (Fsp3) is 0.871. The largest absolute Gasteiger partial charge is 0.169 e. The van der Waals surface area contributed by atoms with Gasteiger partial charge in [0.05, 0.1) is 0 Å². The van der Waals surface area contributed by atoms with E-state index in [-0.39, 0.29) is 21.0 Å². The Morgan fingerprint density at radius 3 is 1.47 bits per heavy atom. The Morgan fingerprint density at radius 1 is 0.625 bits per heavy atom. The second-order valence-corrected chi connectivity index (χ2v) is 16.1. The summed E-state index contributed by atoms with van der Waals surface area (Å²) < 4.78 is -0.124. The van der Waals surface area contributed by atoms with Gasteiger partial charge in [-0.05, 0) is 59.2 Å². The lowest BCUT2D eigenvalue weighted by molar-refractivity contribution is 0.145. The lowest BCUT2D eigenvalue weighted by Crippen LogP contribution is -2.29. The molecule has 0 spiro atoms. The summed E-state index contributed by atoms with van der Waals surface area (Å²) >= 11 is 5.08. The van der Waals surface area contributed by atoms with E-state index in [2.05, 4.69) is 121 Å². The smallest absolute Gasteiger partial charge is 0.0288 e. The minimum Gasteiger partial charge on any atom is -0.169 e. The molecule has 32 heavy (non-hydrogen) atoms. The highest BCUT2D eigenvalue weighted by atomic mass is 32.1. The van der Waals surface area contributed by atoms with Crippen LogP contribution in [0.5, 0.6) is 0 Å². The molecular weight excluding hydrogens is 404 g/mol. The van der Waals surface area contributed by atoms with Crippen molar-refractivity contribution in [3.8, 4) is 0 Å². The van der Waals surface area contributed by atoms with E-state index in [0.29, 0.717) is 10.8 Å². The second-order valence-electron chi connectivity index (χ2n) is 15.1. The van der Waals surface area contributed by atoms with E-state index in [4.69, 9.17) is 12.6 Å². The van der Waals surface area contributed by atoms with Crippen molar-refractivity contribution in [1.82, 2.24) is 0 Å². The number of rotatable bonds is 13. The molecule has 0 fully saturated rings. The van der Waals surface area contributed by atoms with Crippen molar-refractivity contribution >= 4 is 12.6 Å². The van der Waals surface area contributed by atoms with Gasteiger partial charge in [-0.1, -0.05) is 134 Å². The molecule has 0 amide bonds. The van der Waals surface area contributed by atoms with Gasteiger partial charge in [-0.3, -0.25) is 0 Å². The van der Waals surface area contributed by atoms with E-state index >= 15 is 0 Å². The Kier molecular flexibility index (Phi) is 11.4. The first-order valence-electron chi connectivity index (χ1n) is 13.1. The molecule has 0 radical (unpaired) electrons. The van der Waals surface area contributed by atoms with Crippen LogP contribution in [-0.2, 0) is 0 Å². The summed E-state index contributed by atoms with van der Waals surface area (Å²) in [6, 6.07) is 0. The molecule has 0 aromatic heterocycles. The molecule has 2 unspecified atom stereocenters. The molecule has 0 aliphatic carbocycles. The summed E-state index contributed by atoms with van der Waals surface area (Å²) in [5.74, 6) is 0.755. The normalized spacial score (nSPS) is 17.8. The fourth-order valence-electron chi connectivity index (χ4n) is 5.63. The Bertz CT molecular complexity index is 605. The third kappa shape index (κ3) is 14.2. The number of hydrogen-bond donors (Lipinski definition) is 1. The van der Waals surface area contributed by atoms with Crippen molar-refractivity contribution in [2.75, 3.05) is 0 Å². The zero-order valence-corrected chi connectivity index (χ0v) is 25.5. The first kappa shape index (κ1) is 31.8. The SMILES string of the molecule is CCCCC(C)C(C)(C)CC(C)(C)/C=C\C(C)(C)CC(C)(S)/C=C\C(C)(C)CC(C)(C)C. The van der Waals surface area contributed by atoms with Crippen LogP contribution in [0.4, 0.5) is 0 Å². The van der Waals surface area contributed by atoms with Crippen LogP contribution in [0.1, 0.15) is 135 Å².